The van der Waals surface area contributed by atoms with Gasteiger partial charge in [-0.1, -0.05) is 13.3 Å². The van der Waals surface area contributed by atoms with E-state index in [0.29, 0.717) is 12.2 Å². The molecule has 0 radical (unpaired) electrons. The van der Waals surface area contributed by atoms with Gasteiger partial charge in [-0.15, -0.1) is 0 Å². The number of hydrogen-bond donors (Lipinski definition) is 3. The SMILES string of the molecule is CCCC(CN)NC(=O)c1cn[nH]n1. The summed E-state index contributed by atoms with van der Waals surface area (Å²) in [6, 6.07) is 0.0178. The molecule has 1 heterocycles. The molecule has 4 N–H and O–H groups in total. The Morgan fingerprint density at radius 3 is 3.07 bits per heavy atom. The summed E-state index contributed by atoms with van der Waals surface area (Å²) in [6.07, 6.45) is 3.25. The van der Waals surface area contributed by atoms with Crippen molar-refractivity contribution in [2.75, 3.05) is 6.54 Å². The van der Waals surface area contributed by atoms with Crippen LogP contribution in [0.2, 0.25) is 0 Å². The summed E-state index contributed by atoms with van der Waals surface area (Å²) in [4.78, 5) is 11.5. The molecule has 6 nitrogen and oxygen atoms in total. The van der Waals surface area contributed by atoms with Crippen molar-refractivity contribution in [3.8, 4) is 0 Å². The van der Waals surface area contributed by atoms with Crippen molar-refractivity contribution >= 4 is 5.91 Å². The average Bonchev–Trinajstić information content (AvgIpc) is 2.69. The molecule has 78 valence electrons. The molecule has 1 aromatic rings. The largest absolute Gasteiger partial charge is 0.347 e. The highest BCUT2D eigenvalue weighted by Crippen LogP contribution is 1.96. The minimum absolute atomic E-state index is 0.0178. The molecule has 0 aliphatic carbocycles. The smallest absolute Gasteiger partial charge is 0.273 e. The molecule has 0 fully saturated rings. The highest BCUT2D eigenvalue weighted by atomic mass is 16.2. The zero-order valence-electron chi connectivity index (χ0n) is 8.16. The number of nitrogens with one attached hydrogen (secondary N) is 2. The average molecular weight is 197 g/mol. The summed E-state index contributed by atoms with van der Waals surface area (Å²) < 4.78 is 0. The van der Waals surface area contributed by atoms with Gasteiger partial charge in [-0.25, -0.2) is 0 Å². The lowest BCUT2D eigenvalue weighted by Crippen LogP contribution is -2.40. The van der Waals surface area contributed by atoms with Gasteiger partial charge in [0, 0.05) is 12.6 Å². The topological polar surface area (TPSA) is 96.7 Å². The minimum Gasteiger partial charge on any atom is -0.347 e. The maximum absolute atomic E-state index is 11.5. The third-order valence-electron chi connectivity index (χ3n) is 1.90. The number of nitrogens with zero attached hydrogens (tertiary/aromatic N) is 2. The predicted octanol–water partition coefficient (Wildman–Crippen LogP) is -0.338. The number of H-pyrrole nitrogens is 1. The van der Waals surface area contributed by atoms with Crippen LogP contribution in [0.1, 0.15) is 30.3 Å². The third kappa shape index (κ3) is 2.81. The number of amides is 1. The van der Waals surface area contributed by atoms with Crippen LogP contribution < -0.4 is 11.1 Å². The van der Waals surface area contributed by atoms with Gasteiger partial charge in [0.1, 0.15) is 0 Å². The Balaban J connectivity index is 2.47. The van der Waals surface area contributed by atoms with E-state index in [1.165, 1.54) is 6.20 Å². The van der Waals surface area contributed by atoms with Crippen LogP contribution in [0, 0.1) is 0 Å². The molecule has 0 saturated heterocycles. The second kappa shape index (κ2) is 5.33. The van der Waals surface area contributed by atoms with E-state index in [1.807, 2.05) is 6.92 Å². The molecule has 1 rings (SSSR count). The van der Waals surface area contributed by atoms with Crippen LogP contribution >= 0.6 is 0 Å². The predicted molar refractivity (Wildman–Crippen MR) is 51.6 cm³/mol. The first-order chi connectivity index (χ1) is 6.77. The monoisotopic (exact) mass is 197 g/mol. The van der Waals surface area contributed by atoms with E-state index in [0.717, 1.165) is 12.8 Å². The van der Waals surface area contributed by atoms with Gasteiger partial charge in [0.15, 0.2) is 5.69 Å². The fraction of sp³-hybridized carbons (Fsp3) is 0.625. The number of carbonyl (C=O) groups is 1. The molecule has 6 heteroatoms. The van der Waals surface area contributed by atoms with E-state index < -0.39 is 0 Å². The first-order valence-electron chi connectivity index (χ1n) is 4.64. The fourth-order valence-electron chi connectivity index (χ4n) is 1.17. The first-order valence-corrected chi connectivity index (χ1v) is 4.64. The van der Waals surface area contributed by atoms with E-state index >= 15 is 0 Å². The molecule has 0 aliphatic rings. The molecule has 1 atom stereocenters. The molecule has 0 spiro atoms. The highest BCUT2D eigenvalue weighted by molar-refractivity contribution is 5.91. The molecule has 14 heavy (non-hydrogen) atoms. The Hall–Kier alpha value is -1.43. The highest BCUT2D eigenvalue weighted by Gasteiger charge is 2.13. The summed E-state index contributed by atoms with van der Waals surface area (Å²) in [5, 5.41) is 12.4. The normalized spacial score (nSPS) is 12.4. The Labute approximate surface area is 82.3 Å². The summed E-state index contributed by atoms with van der Waals surface area (Å²) >= 11 is 0. The van der Waals surface area contributed by atoms with Gasteiger partial charge >= 0.3 is 0 Å². The van der Waals surface area contributed by atoms with E-state index in [-0.39, 0.29) is 11.9 Å². The zero-order chi connectivity index (χ0) is 10.4. The number of aromatic amines is 1. The summed E-state index contributed by atoms with van der Waals surface area (Å²) in [5.41, 5.74) is 5.79. The lowest BCUT2D eigenvalue weighted by Gasteiger charge is -2.14. The number of carbonyl (C=O) groups excluding carboxylic acids is 1. The molecule has 0 aromatic carbocycles. The number of nitrogens with two attached hydrogens (primary N) is 1. The van der Waals surface area contributed by atoms with Gasteiger partial charge in [-0.2, -0.15) is 15.4 Å². The Kier molecular flexibility index (Phi) is 4.06. The lowest BCUT2D eigenvalue weighted by molar-refractivity contribution is 0.0931. The lowest BCUT2D eigenvalue weighted by atomic mass is 10.1. The number of rotatable bonds is 5. The van der Waals surface area contributed by atoms with Gasteiger partial charge in [-0.3, -0.25) is 4.79 Å². The van der Waals surface area contributed by atoms with Gasteiger partial charge in [0.05, 0.1) is 6.20 Å². The van der Waals surface area contributed by atoms with Gasteiger partial charge < -0.3 is 11.1 Å². The van der Waals surface area contributed by atoms with E-state index in [9.17, 15) is 4.79 Å². The Morgan fingerprint density at radius 1 is 1.79 bits per heavy atom. The second-order valence-corrected chi connectivity index (χ2v) is 3.05. The standard InChI is InChI=1S/C8H15N5O/c1-2-3-6(4-9)11-8(14)7-5-10-13-12-7/h5-6H,2-4,9H2,1H3,(H,11,14)(H,10,12,13). The maximum atomic E-state index is 11.5. The van der Waals surface area contributed by atoms with Crippen LogP contribution in [0.5, 0.6) is 0 Å². The Morgan fingerprint density at radius 2 is 2.57 bits per heavy atom. The molecule has 0 saturated carbocycles. The maximum Gasteiger partial charge on any atom is 0.273 e. The van der Waals surface area contributed by atoms with Gasteiger partial charge in [0.25, 0.3) is 5.91 Å². The number of aromatic nitrogens is 3. The van der Waals surface area contributed by atoms with Crippen molar-refractivity contribution in [3.05, 3.63) is 11.9 Å². The second-order valence-electron chi connectivity index (χ2n) is 3.05. The van der Waals surface area contributed by atoms with Crippen molar-refractivity contribution in [3.63, 3.8) is 0 Å². The quantitative estimate of drug-likeness (QED) is 0.601. The summed E-state index contributed by atoms with van der Waals surface area (Å²) in [6.45, 7) is 2.49. The minimum atomic E-state index is -0.234. The van der Waals surface area contributed by atoms with Crippen LogP contribution in [-0.2, 0) is 0 Å². The summed E-state index contributed by atoms with van der Waals surface area (Å²) in [7, 11) is 0. The van der Waals surface area contributed by atoms with Crippen molar-refractivity contribution in [1.82, 2.24) is 20.7 Å². The molecule has 0 aliphatic heterocycles. The van der Waals surface area contributed by atoms with Crippen LogP contribution in [0.15, 0.2) is 6.20 Å². The van der Waals surface area contributed by atoms with Gasteiger partial charge in [-0.05, 0) is 6.42 Å². The summed E-state index contributed by atoms with van der Waals surface area (Å²) in [5.74, 6) is -0.234. The fourth-order valence-corrected chi connectivity index (χ4v) is 1.17. The van der Waals surface area contributed by atoms with Crippen molar-refractivity contribution in [2.24, 2.45) is 5.73 Å². The molecule has 1 aromatic heterocycles. The Bertz CT molecular complexity index is 271. The molecule has 1 unspecified atom stereocenters. The van der Waals surface area contributed by atoms with Crippen molar-refractivity contribution < 1.29 is 4.79 Å². The number of hydrogen-bond acceptors (Lipinski definition) is 4. The van der Waals surface area contributed by atoms with Crippen LogP contribution in [0.4, 0.5) is 0 Å². The molecular weight excluding hydrogens is 182 g/mol. The molecule has 1 amide bonds. The van der Waals surface area contributed by atoms with Crippen molar-refractivity contribution in [1.29, 1.82) is 0 Å². The first kappa shape index (κ1) is 10.6. The van der Waals surface area contributed by atoms with Crippen molar-refractivity contribution in [2.45, 2.75) is 25.8 Å². The van der Waals surface area contributed by atoms with E-state index in [2.05, 4.69) is 20.7 Å². The van der Waals surface area contributed by atoms with Crippen LogP contribution in [0.3, 0.4) is 0 Å². The van der Waals surface area contributed by atoms with E-state index in [4.69, 9.17) is 5.73 Å². The third-order valence-corrected chi connectivity index (χ3v) is 1.90. The van der Waals surface area contributed by atoms with Crippen LogP contribution in [0.25, 0.3) is 0 Å². The zero-order valence-corrected chi connectivity index (χ0v) is 8.16. The molecular formula is C8H15N5O. The van der Waals surface area contributed by atoms with Gasteiger partial charge in [0.2, 0.25) is 0 Å². The van der Waals surface area contributed by atoms with E-state index in [1.54, 1.807) is 0 Å². The van der Waals surface area contributed by atoms with Crippen LogP contribution in [-0.4, -0.2) is 33.9 Å². The molecule has 0 bridgehead atoms.